The molecule has 1 aliphatic heterocycles. The Balaban J connectivity index is 2.03. The van der Waals surface area contributed by atoms with Crippen molar-refractivity contribution in [3.05, 3.63) is 29.8 Å². The maximum absolute atomic E-state index is 4.53. The summed E-state index contributed by atoms with van der Waals surface area (Å²) in [4.78, 5) is 11.3. The number of rotatable bonds is 2. The first-order chi connectivity index (χ1) is 9.25. The standard InChI is InChI=1S/C14H19N5/c1-11-10-12(2)19(17-11)14-13(15-6-7-16-14)18-8-4-3-5-9-18/h6-7,10H,3-5,8-9H2,1-2H3. The predicted octanol–water partition coefficient (Wildman–Crippen LogP) is 2.27. The highest BCUT2D eigenvalue weighted by molar-refractivity contribution is 5.53. The van der Waals surface area contributed by atoms with E-state index in [4.69, 9.17) is 0 Å². The van der Waals surface area contributed by atoms with Gasteiger partial charge in [0.25, 0.3) is 0 Å². The molecule has 0 aromatic carbocycles. The molecule has 1 saturated heterocycles. The predicted molar refractivity (Wildman–Crippen MR) is 74.7 cm³/mol. The third-order valence-corrected chi connectivity index (χ3v) is 3.53. The lowest BCUT2D eigenvalue weighted by Gasteiger charge is -2.28. The fourth-order valence-corrected chi connectivity index (χ4v) is 2.64. The molecule has 0 spiro atoms. The Labute approximate surface area is 113 Å². The van der Waals surface area contributed by atoms with Crippen molar-refractivity contribution in [2.45, 2.75) is 33.1 Å². The van der Waals surface area contributed by atoms with Gasteiger partial charge < -0.3 is 4.90 Å². The van der Waals surface area contributed by atoms with Crippen LogP contribution in [0.2, 0.25) is 0 Å². The van der Waals surface area contributed by atoms with Crippen LogP contribution in [0.25, 0.3) is 5.82 Å². The van der Waals surface area contributed by atoms with Gasteiger partial charge in [0, 0.05) is 31.2 Å². The summed E-state index contributed by atoms with van der Waals surface area (Å²) < 4.78 is 1.90. The highest BCUT2D eigenvalue weighted by atomic mass is 15.3. The topological polar surface area (TPSA) is 46.8 Å². The second kappa shape index (κ2) is 4.99. The molecule has 0 bridgehead atoms. The molecule has 5 nitrogen and oxygen atoms in total. The van der Waals surface area contributed by atoms with Gasteiger partial charge in [-0.2, -0.15) is 5.10 Å². The van der Waals surface area contributed by atoms with E-state index in [-0.39, 0.29) is 0 Å². The summed E-state index contributed by atoms with van der Waals surface area (Å²) in [5.74, 6) is 1.79. The van der Waals surface area contributed by atoms with Crippen molar-refractivity contribution >= 4 is 5.82 Å². The molecular weight excluding hydrogens is 238 g/mol. The van der Waals surface area contributed by atoms with Crippen LogP contribution in [-0.4, -0.2) is 32.8 Å². The van der Waals surface area contributed by atoms with Gasteiger partial charge in [0.1, 0.15) is 0 Å². The van der Waals surface area contributed by atoms with Gasteiger partial charge in [0.05, 0.1) is 5.69 Å². The average Bonchev–Trinajstić information content (AvgIpc) is 2.79. The van der Waals surface area contributed by atoms with E-state index >= 15 is 0 Å². The Morgan fingerprint density at radius 2 is 1.63 bits per heavy atom. The fraction of sp³-hybridized carbons (Fsp3) is 0.500. The largest absolute Gasteiger partial charge is 0.353 e. The van der Waals surface area contributed by atoms with Crippen molar-refractivity contribution in [1.29, 1.82) is 0 Å². The summed E-state index contributed by atoms with van der Waals surface area (Å²) in [6.07, 6.45) is 7.27. The SMILES string of the molecule is Cc1cc(C)n(-c2nccnc2N2CCCCC2)n1. The number of hydrogen-bond acceptors (Lipinski definition) is 4. The minimum atomic E-state index is 0.843. The van der Waals surface area contributed by atoms with Gasteiger partial charge in [-0.05, 0) is 39.2 Å². The molecule has 0 atom stereocenters. The van der Waals surface area contributed by atoms with Gasteiger partial charge in [0.2, 0.25) is 0 Å². The number of aromatic nitrogens is 4. The van der Waals surface area contributed by atoms with Gasteiger partial charge in [-0.3, -0.25) is 0 Å². The third-order valence-electron chi connectivity index (χ3n) is 3.53. The maximum atomic E-state index is 4.53. The Hall–Kier alpha value is -1.91. The summed E-state index contributed by atoms with van der Waals surface area (Å²) in [5, 5.41) is 4.52. The van der Waals surface area contributed by atoms with Gasteiger partial charge in [-0.15, -0.1) is 0 Å². The molecule has 3 rings (SSSR count). The molecule has 3 heterocycles. The zero-order chi connectivity index (χ0) is 13.2. The Bertz CT molecular complexity index is 569. The average molecular weight is 257 g/mol. The molecule has 0 aliphatic carbocycles. The van der Waals surface area contributed by atoms with E-state index in [1.54, 1.807) is 12.4 Å². The second-order valence-corrected chi connectivity index (χ2v) is 5.09. The molecule has 1 fully saturated rings. The van der Waals surface area contributed by atoms with E-state index in [1.807, 2.05) is 11.6 Å². The monoisotopic (exact) mass is 257 g/mol. The molecule has 2 aromatic rings. The molecule has 1 aliphatic rings. The van der Waals surface area contributed by atoms with Crippen LogP contribution in [0.5, 0.6) is 0 Å². The Kier molecular flexibility index (Phi) is 3.19. The molecule has 5 heteroatoms. The second-order valence-electron chi connectivity index (χ2n) is 5.09. The first-order valence-corrected chi connectivity index (χ1v) is 6.85. The van der Waals surface area contributed by atoms with Gasteiger partial charge in [-0.1, -0.05) is 0 Å². The van der Waals surface area contributed by atoms with Gasteiger partial charge in [0.15, 0.2) is 11.6 Å². The van der Waals surface area contributed by atoms with E-state index < -0.39 is 0 Å². The number of hydrogen-bond donors (Lipinski definition) is 0. The van der Waals surface area contributed by atoms with Crippen LogP contribution in [-0.2, 0) is 0 Å². The third kappa shape index (κ3) is 2.32. The minimum Gasteiger partial charge on any atom is -0.353 e. The van der Waals surface area contributed by atoms with Crippen molar-refractivity contribution < 1.29 is 0 Å². The van der Waals surface area contributed by atoms with E-state index in [1.165, 1.54) is 19.3 Å². The van der Waals surface area contributed by atoms with E-state index in [9.17, 15) is 0 Å². The fourth-order valence-electron chi connectivity index (χ4n) is 2.64. The van der Waals surface area contributed by atoms with Crippen LogP contribution in [0, 0.1) is 13.8 Å². The van der Waals surface area contributed by atoms with Crippen molar-refractivity contribution in [2.75, 3.05) is 18.0 Å². The molecular formula is C14H19N5. The molecule has 2 aromatic heterocycles. The van der Waals surface area contributed by atoms with E-state index in [2.05, 4.69) is 33.0 Å². The lowest BCUT2D eigenvalue weighted by molar-refractivity contribution is 0.570. The first kappa shape index (κ1) is 12.1. The smallest absolute Gasteiger partial charge is 0.197 e. The number of nitrogens with zero attached hydrogens (tertiary/aromatic N) is 5. The minimum absolute atomic E-state index is 0.843. The van der Waals surface area contributed by atoms with E-state index in [0.717, 1.165) is 36.1 Å². The highest BCUT2D eigenvalue weighted by Gasteiger charge is 2.19. The molecule has 19 heavy (non-hydrogen) atoms. The summed E-state index contributed by atoms with van der Waals surface area (Å²) in [6, 6.07) is 2.06. The van der Waals surface area contributed by atoms with Crippen molar-refractivity contribution in [1.82, 2.24) is 19.7 Å². The maximum Gasteiger partial charge on any atom is 0.197 e. The summed E-state index contributed by atoms with van der Waals surface area (Å²) >= 11 is 0. The Morgan fingerprint density at radius 1 is 0.947 bits per heavy atom. The lowest BCUT2D eigenvalue weighted by Crippen LogP contribution is -2.31. The molecule has 100 valence electrons. The molecule has 0 radical (unpaired) electrons. The van der Waals surface area contributed by atoms with Crippen LogP contribution in [0.1, 0.15) is 30.7 Å². The van der Waals surface area contributed by atoms with Crippen LogP contribution < -0.4 is 4.90 Å². The lowest BCUT2D eigenvalue weighted by atomic mass is 10.1. The van der Waals surface area contributed by atoms with Crippen LogP contribution in [0.15, 0.2) is 18.5 Å². The first-order valence-electron chi connectivity index (χ1n) is 6.85. The van der Waals surface area contributed by atoms with Gasteiger partial charge >= 0.3 is 0 Å². The van der Waals surface area contributed by atoms with Crippen molar-refractivity contribution in [3.8, 4) is 5.82 Å². The molecule has 0 amide bonds. The Morgan fingerprint density at radius 3 is 2.26 bits per heavy atom. The van der Waals surface area contributed by atoms with Crippen molar-refractivity contribution in [2.24, 2.45) is 0 Å². The van der Waals surface area contributed by atoms with E-state index in [0.29, 0.717) is 0 Å². The summed E-state index contributed by atoms with van der Waals surface area (Å²) in [7, 11) is 0. The number of piperidine rings is 1. The molecule has 0 N–H and O–H groups in total. The normalized spacial score (nSPS) is 15.8. The highest BCUT2D eigenvalue weighted by Crippen LogP contribution is 2.23. The van der Waals surface area contributed by atoms with Crippen LogP contribution in [0.4, 0.5) is 5.82 Å². The zero-order valence-electron chi connectivity index (χ0n) is 11.5. The number of aryl methyl sites for hydroxylation is 2. The van der Waals surface area contributed by atoms with Gasteiger partial charge in [-0.25, -0.2) is 14.6 Å². The molecule has 0 unspecified atom stereocenters. The quantitative estimate of drug-likeness (QED) is 0.828. The zero-order valence-corrected chi connectivity index (χ0v) is 11.5. The van der Waals surface area contributed by atoms with Crippen LogP contribution >= 0.6 is 0 Å². The van der Waals surface area contributed by atoms with Crippen molar-refractivity contribution in [3.63, 3.8) is 0 Å². The summed E-state index contributed by atoms with van der Waals surface area (Å²) in [5.41, 5.74) is 2.10. The summed E-state index contributed by atoms with van der Waals surface area (Å²) in [6.45, 7) is 6.17. The van der Waals surface area contributed by atoms with Crippen LogP contribution in [0.3, 0.4) is 0 Å². The number of anilines is 1. The molecule has 0 saturated carbocycles.